The molecule has 2 amide bonds. The van der Waals surface area contributed by atoms with Crippen molar-refractivity contribution in [2.75, 3.05) is 11.6 Å². The van der Waals surface area contributed by atoms with Gasteiger partial charge in [-0.3, -0.25) is 14.6 Å². The van der Waals surface area contributed by atoms with Crippen molar-refractivity contribution in [1.82, 2.24) is 5.32 Å². The summed E-state index contributed by atoms with van der Waals surface area (Å²) in [6.07, 6.45) is 3.36. The van der Waals surface area contributed by atoms with Gasteiger partial charge in [-0.1, -0.05) is 38.0 Å². The van der Waals surface area contributed by atoms with E-state index in [1.807, 2.05) is 30.3 Å². The fourth-order valence-electron chi connectivity index (χ4n) is 2.37. The fourth-order valence-corrected chi connectivity index (χ4v) is 2.37. The number of nitrogens with two attached hydrogens (primary N) is 1. The highest BCUT2D eigenvalue weighted by Crippen LogP contribution is 2.24. The predicted octanol–water partition coefficient (Wildman–Crippen LogP) is 1.41. The van der Waals surface area contributed by atoms with Gasteiger partial charge in [0.1, 0.15) is 11.8 Å². The summed E-state index contributed by atoms with van der Waals surface area (Å²) in [5, 5.41) is 8.67. The fraction of sp³-hybridized carbons (Fsp3) is 0.438. The zero-order valence-electron chi connectivity index (χ0n) is 12.8. The maximum atomic E-state index is 12.1. The molecule has 3 N–H and O–H groups in total. The minimum Gasteiger partial charge on any atom is -0.368 e. The molecule has 0 spiro atoms. The lowest BCUT2D eigenvalue weighted by atomic mass is 10.1. The van der Waals surface area contributed by atoms with Gasteiger partial charge in [-0.15, -0.1) is 0 Å². The third-order valence-corrected chi connectivity index (χ3v) is 3.59. The van der Waals surface area contributed by atoms with Crippen molar-refractivity contribution < 1.29 is 9.59 Å². The van der Waals surface area contributed by atoms with Crippen LogP contribution >= 0.6 is 0 Å². The lowest BCUT2D eigenvalue weighted by Gasteiger charge is -2.20. The number of unbranched alkanes of at least 4 members (excludes halogenated alkanes) is 2. The molecule has 1 heterocycles. The molecule has 0 radical (unpaired) electrons. The predicted molar refractivity (Wildman–Crippen MR) is 86.5 cm³/mol. The number of hydrogen-bond acceptors (Lipinski definition) is 4. The second-order valence-electron chi connectivity index (χ2n) is 5.31. The number of nitrogens with one attached hydrogen (secondary N) is 1. The average molecular weight is 302 g/mol. The SMILES string of the molecule is CCCCCNC(=O)C1=NN(c2ccccc2)C(C(N)=O)C1. The summed E-state index contributed by atoms with van der Waals surface area (Å²) in [5.74, 6) is -0.706. The number of hydrogen-bond donors (Lipinski definition) is 2. The largest absolute Gasteiger partial charge is 0.368 e. The molecule has 1 aliphatic rings. The topological polar surface area (TPSA) is 87.8 Å². The summed E-state index contributed by atoms with van der Waals surface area (Å²) in [6.45, 7) is 2.73. The van der Waals surface area contributed by atoms with Crippen LogP contribution in [0.15, 0.2) is 35.4 Å². The van der Waals surface area contributed by atoms with Crippen molar-refractivity contribution in [2.24, 2.45) is 10.8 Å². The molecular formula is C16H22N4O2. The molecule has 1 atom stereocenters. The van der Waals surface area contributed by atoms with Crippen molar-refractivity contribution in [3.63, 3.8) is 0 Å². The van der Waals surface area contributed by atoms with Crippen LogP contribution in [0.3, 0.4) is 0 Å². The first kappa shape index (κ1) is 16.0. The van der Waals surface area contributed by atoms with E-state index >= 15 is 0 Å². The molecule has 6 nitrogen and oxygen atoms in total. The van der Waals surface area contributed by atoms with E-state index in [0.29, 0.717) is 12.3 Å². The summed E-state index contributed by atoms with van der Waals surface area (Å²) in [7, 11) is 0. The second-order valence-corrected chi connectivity index (χ2v) is 5.31. The second kappa shape index (κ2) is 7.59. The van der Waals surface area contributed by atoms with Gasteiger partial charge in [-0.2, -0.15) is 5.10 Å². The highest BCUT2D eigenvalue weighted by atomic mass is 16.2. The van der Waals surface area contributed by atoms with Gasteiger partial charge in [0.25, 0.3) is 5.91 Å². The van der Waals surface area contributed by atoms with E-state index in [0.717, 1.165) is 24.9 Å². The minimum absolute atomic E-state index is 0.221. The molecule has 6 heteroatoms. The summed E-state index contributed by atoms with van der Waals surface area (Å²) in [4.78, 5) is 23.8. The lowest BCUT2D eigenvalue weighted by Crippen LogP contribution is -2.40. The third kappa shape index (κ3) is 3.84. The number of rotatable bonds is 7. The first-order chi connectivity index (χ1) is 10.6. The van der Waals surface area contributed by atoms with Gasteiger partial charge in [0.15, 0.2) is 0 Å². The standard InChI is InChI=1S/C16H22N4O2/c1-2-3-7-10-18-16(22)13-11-14(15(17)21)20(19-13)12-8-5-4-6-9-12/h4-6,8-9,14H,2-3,7,10-11H2,1H3,(H2,17,21)(H,18,22). The molecule has 1 aromatic carbocycles. The number of benzene rings is 1. The quantitative estimate of drug-likeness (QED) is 0.747. The van der Waals surface area contributed by atoms with Crippen molar-refractivity contribution in [3.05, 3.63) is 30.3 Å². The molecule has 1 aromatic rings. The Balaban J connectivity index is 2.06. The Bertz CT molecular complexity index is 557. The lowest BCUT2D eigenvalue weighted by molar-refractivity contribution is -0.119. The maximum Gasteiger partial charge on any atom is 0.267 e. The third-order valence-electron chi connectivity index (χ3n) is 3.59. The number of hydrazone groups is 1. The van der Waals surface area contributed by atoms with E-state index in [4.69, 9.17) is 5.73 Å². The Kier molecular flexibility index (Phi) is 5.52. The van der Waals surface area contributed by atoms with Gasteiger partial charge in [0, 0.05) is 13.0 Å². The first-order valence-corrected chi connectivity index (χ1v) is 7.62. The zero-order valence-corrected chi connectivity index (χ0v) is 12.8. The molecule has 2 rings (SSSR count). The Hall–Kier alpha value is -2.37. The Labute approximate surface area is 130 Å². The molecule has 0 fully saturated rings. The van der Waals surface area contributed by atoms with Crippen molar-refractivity contribution in [2.45, 2.75) is 38.6 Å². The van der Waals surface area contributed by atoms with Crippen molar-refractivity contribution in [1.29, 1.82) is 0 Å². The normalized spacial score (nSPS) is 17.2. The van der Waals surface area contributed by atoms with Crippen LogP contribution < -0.4 is 16.1 Å². The number of anilines is 1. The van der Waals surface area contributed by atoms with Gasteiger partial charge < -0.3 is 11.1 Å². The van der Waals surface area contributed by atoms with E-state index in [1.165, 1.54) is 5.01 Å². The van der Waals surface area contributed by atoms with E-state index < -0.39 is 11.9 Å². The van der Waals surface area contributed by atoms with Crippen LogP contribution in [-0.2, 0) is 9.59 Å². The van der Waals surface area contributed by atoms with E-state index in [2.05, 4.69) is 17.3 Å². The van der Waals surface area contributed by atoms with Crippen LogP contribution in [0.2, 0.25) is 0 Å². The van der Waals surface area contributed by atoms with Gasteiger partial charge in [-0.05, 0) is 18.6 Å². The summed E-state index contributed by atoms with van der Waals surface area (Å²) >= 11 is 0. The van der Waals surface area contributed by atoms with Crippen molar-refractivity contribution in [3.8, 4) is 0 Å². The van der Waals surface area contributed by atoms with Crippen LogP contribution in [-0.4, -0.2) is 30.1 Å². The van der Waals surface area contributed by atoms with Gasteiger partial charge in [0.2, 0.25) is 5.91 Å². The van der Waals surface area contributed by atoms with Crippen LogP contribution in [0, 0.1) is 0 Å². The van der Waals surface area contributed by atoms with Crippen LogP contribution in [0.4, 0.5) is 5.69 Å². The Morgan fingerprint density at radius 1 is 1.32 bits per heavy atom. The summed E-state index contributed by atoms with van der Waals surface area (Å²) < 4.78 is 0. The molecule has 1 aliphatic heterocycles. The molecule has 118 valence electrons. The van der Waals surface area contributed by atoms with E-state index in [-0.39, 0.29) is 12.3 Å². The Morgan fingerprint density at radius 2 is 2.05 bits per heavy atom. The van der Waals surface area contributed by atoms with Crippen LogP contribution in [0.25, 0.3) is 0 Å². The number of nitrogens with zero attached hydrogens (tertiary/aromatic N) is 2. The van der Waals surface area contributed by atoms with Crippen LogP contribution in [0.5, 0.6) is 0 Å². The van der Waals surface area contributed by atoms with Gasteiger partial charge >= 0.3 is 0 Å². The highest BCUT2D eigenvalue weighted by Gasteiger charge is 2.34. The van der Waals surface area contributed by atoms with E-state index in [1.54, 1.807) is 0 Å². The molecule has 0 saturated heterocycles. The molecule has 1 unspecified atom stereocenters. The maximum absolute atomic E-state index is 12.1. The summed E-state index contributed by atoms with van der Waals surface area (Å²) in [5.41, 5.74) is 6.54. The van der Waals surface area contributed by atoms with Gasteiger partial charge in [-0.25, -0.2) is 0 Å². The molecule has 22 heavy (non-hydrogen) atoms. The number of primary amides is 1. The summed E-state index contributed by atoms with van der Waals surface area (Å²) in [6, 6.07) is 8.64. The van der Waals surface area contributed by atoms with Crippen molar-refractivity contribution >= 4 is 23.2 Å². The number of carbonyl (C=O) groups excluding carboxylic acids is 2. The Morgan fingerprint density at radius 3 is 2.68 bits per heavy atom. The number of carbonyl (C=O) groups is 2. The molecule has 0 aromatic heterocycles. The average Bonchev–Trinajstić information content (AvgIpc) is 2.98. The number of para-hydroxylation sites is 1. The molecular weight excluding hydrogens is 280 g/mol. The molecule has 0 saturated carbocycles. The smallest absolute Gasteiger partial charge is 0.267 e. The minimum atomic E-state index is -0.612. The van der Waals surface area contributed by atoms with E-state index in [9.17, 15) is 9.59 Å². The van der Waals surface area contributed by atoms with Gasteiger partial charge in [0.05, 0.1) is 5.69 Å². The van der Waals surface area contributed by atoms with Crippen LogP contribution in [0.1, 0.15) is 32.6 Å². The highest BCUT2D eigenvalue weighted by molar-refractivity contribution is 6.40. The molecule has 0 aliphatic carbocycles. The number of amides is 2. The molecule has 0 bridgehead atoms. The monoisotopic (exact) mass is 302 g/mol. The zero-order chi connectivity index (χ0) is 15.9. The first-order valence-electron chi connectivity index (χ1n) is 7.62.